The minimum atomic E-state index is -0.384. The van der Waals surface area contributed by atoms with Gasteiger partial charge in [-0.3, -0.25) is 4.79 Å². The summed E-state index contributed by atoms with van der Waals surface area (Å²) in [6, 6.07) is 6.12. The van der Waals surface area contributed by atoms with Crippen molar-refractivity contribution in [2.75, 3.05) is 19.8 Å². The minimum absolute atomic E-state index is 0.105. The molecule has 3 heteroatoms. The molecule has 3 nitrogen and oxygen atoms in total. The van der Waals surface area contributed by atoms with Crippen LogP contribution in [0.15, 0.2) is 18.2 Å². The summed E-state index contributed by atoms with van der Waals surface area (Å²) < 4.78 is 10.6. The Balaban J connectivity index is 1.99. The number of ketones is 1. The third kappa shape index (κ3) is 3.14. The molecule has 1 aliphatic heterocycles. The van der Waals surface area contributed by atoms with Gasteiger partial charge in [0.2, 0.25) is 0 Å². The first kappa shape index (κ1) is 12.3. The third-order valence-electron chi connectivity index (χ3n) is 3.12. The van der Waals surface area contributed by atoms with Gasteiger partial charge in [0.05, 0.1) is 19.8 Å². The van der Waals surface area contributed by atoms with Crippen LogP contribution in [-0.4, -0.2) is 31.7 Å². The summed E-state index contributed by atoms with van der Waals surface area (Å²) >= 11 is 0. The molecule has 0 bridgehead atoms. The number of aryl methyl sites for hydroxylation is 2. The molecular formula is C14H18O3. The van der Waals surface area contributed by atoms with Crippen LogP contribution >= 0.6 is 0 Å². The molecule has 0 aromatic heterocycles. The normalized spacial score (nSPS) is 20.2. The standard InChI is InChI=1S/C14H18O3/c1-10-3-4-12(7-11(10)2)8-13(15)14-9-16-5-6-17-14/h3-4,7,14H,5-6,8-9H2,1-2H3. The summed E-state index contributed by atoms with van der Waals surface area (Å²) in [5, 5.41) is 0. The van der Waals surface area contributed by atoms with Gasteiger partial charge in [-0.1, -0.05) is 18.2 Å². The van der Waals surface area contributed by atoms with Gasteiger partial charge in [0.25, 0.3) is 0 Å². The van der Waals surface area contributed by atoms with Crippen LogP contribution in [0.1, 0.15) is 16.7 Å². The highest BCUT2D eigenvalue weighted by atomic mass is 16.6. The van der Waals surface area contributed by atoms with Crippen LogP contribution in [0.2, 0.25) is 0 Å². The Morgan fingerprint density at radius 1 is 1.29 bits per heavy atom. The average molecular weight is 234 g/mol. The van der Waals surface area contributed by atoms with Gasteiger partial charge in [0.1, 0.15) is 6.10 Å². The highest BCUT2D eigenvalue weighted by Crippen LogP contribution is 2.12. The number of rotatable bonds is 3. The Morgan fingerprint density at radius 3 is 2.76 bits per heavy atom. The van der Waals surface area contributed by atoms with Crippen LogP contribution < -0.4 is 0 Å². The van der Waals surface area contributed by atoms with Gasteiger partial charge in [0, 0.05) is 6.42 Å². The minimum Gasteiger partial charge on any atom is -0.376 e. The van der Waals surface area contributed by atoms with E-state index in [1.165, 1.54) is 11.1 Å². The van der Waals surface area contributed by atoms with Crippen molar-refractivity contribution in [3.05, 3.63) is 34.9 Å². The molecule has 17 heavy (non-hydrogen) atoms. The molecule has 2 rings (SSSR count). The van der Waals surface area contributed by atoms with Gasteiger partial charge in [-0.05, 0) is 30.5 Å². The molecule has 1 heterocycles. The van der Waals surface area contributed by atoms with Crippen molar-refractivity contribution in [3.8, 4) is 0 Å². The average Bonchev–Trinajstić information content (AvgIpc) is 2.35. The smallest absolute Gasteiger partial charge is 0.168 e. The quantitative estimate of drug-likeness (QED) is 0.800. The number of carbonyl (C=O) groups is 1. The first-order chi connectivity index (χ1) is 8.16. The van der Waals surface area contributed by atoms with Crippen molar-refractivity contribution < 1.29 is 14.3 Å². The number of Topliss-reactive ketones (excluding diaryl/α,β-unsaturated/α-hetero) is 1. The molecular weight excluding hydrogens is 216 g/mol. The van der Waals surface area contributed by atoms with Gasteiger partial charge in [-0.2, -0.15) is 0 Å². The van der Waals surface area contributed by atoms with Crippen LogP contribution in [0.25, 0.3) is 0 Å². The van der Waals surface area contributed by atoms with E-state index in [-0.39, 0.29) is 11.9 Å². The van der Waals surface area contributed by atoms with E-state index in [1.54, 1.807) is 0 Å². The topological polar surface area (TPSA) is 35.5 Å². The lowest BCUT2D eigenvalue weighted by Gasteiger charge is -2.21. The van der Waals surface area contributed by atoms with Crippen molar-refractivity contribution in [1.29, 1.82) is 0 Å². The summed E-state index contributed by atoms with van der Waals surface area (Å²) in [5.74, 6) is 0.105. The molecule has 0 amide bonds. The van der Waals surface area contributed by atoms with E-state index in [1.807, 2.05) is 6.07 Å². The van der Waals surface area contributed by atoms with Crippen LogP contribution in [0, 0.1) is 13.8 Å². The van der Waals surface area contributed by atoms with Crippen molar-refractivity contribution in [2.45, 2.75) is 26.4 Å². The maximum Gasteiger partial charge on any atom is 0.168 e. The van der Waals surface area contributed by atoms with E-state index < -0.39 is 0 Å². The van der Waals surface area contributed by atoms with Gasteiger partial charge in [-0.25, -0.2) is 0 Å². The molecule has 0 N–H and O–H groups in total. The fourth-order valence-corrected chi connectivity index (χ4v) is 1.90. The summed E-state index contributed by atoms with van der Waals surface area (Å²) in [5.41, 5.74) is 3.52. The summed E-state index contributed by atoms with van der Waals surface area (Å²) in [6.45, 7) is 5.63. The largest absolute Gasteiger partial charge is 0.376 e. The highest BCUT2D eigenvalue weighted by Gasteiger charge is 2.22. The Morgan fingerprint density at radius 2 is 2.12 bits per heavy atom. The molecule has 0 aliphatic carbocycles. The molecule has 1 unspecified atom stereocenters. The molecule has 0 saturated carbocycles. The zero-order chi connectivity index (χ0) is 12.3. The summed E-state index contributed by atoms with van der Waals surface area (Å²) in [6.07, 6.45) is 0.0418. The van der Waals surface area contributed by atoms with E-state index in [0.29, 0.717) is 26.2 Å². The summed E-state index contributed by atoms with van der Waals surface area (Å²) in [7, 11) is 0. The van der Waals surface area contributed by atoms with Gasteiger partial charge < -0.3 is 9.47 Å². The van der Waals surface area contributed by atoms with Crippen molar-refractivity contribution in [1.82, 2.24) is 0 Å². The van der Waals surface area contributed by atoms with Gasteiger partial charge >= 0.3 is 0 Å². The number of ether oxygens (including phenoxy) is 2. The van der Waals surface area contributed by atoms with E-state index in [9.17, 15) is 4.79 Å². The second-order valence-electron chi connectivity index (χ2n) is 4.50. The highest BCUT2D eigenvalue weighted by molar-refractivity contribution is 5.85. The Hall–Kier alpha value is -1.19. The molecule has 0 radical (unpaired) electrons. The molecule has 0 spiro atoms. The maximum atomic E-state index is 12.0. The van der Waals surface area contributed by atoms with E-state index >= 15 is 0 Å². The predicted molar refractivity (Wildman–Crippen MR) is 65.2 cm³/mol. The predicted octanol–water partition coefficient (Wildman–Crippen LogP) is 1.83. The lowest BCUT2D eigenvalue weighted by atomic mass is 10.0. The third-order valence-corrected chi connectivity index (χ3v) is 3.12. The van der Waals surface area contributed by atoms with Gasteiger partial charge in [-0.15, -0.1) is 0 Å². The van der Waals surface area contributed by atoms with E-state index in [4.69, 9.17) is 9.47 Å². The second-order valence-corrected chi connectivity index (χ2v) is 4.50. The maximum absolute atomic E-state index is 12.0. The molecule has 1 aromatic rings. The van der Waals surface area contributed by atoms with E-state index in [0.717, 1.165) is 5.56 Å². The first-order valence-electron chi connectivity index (χ1n) is 5.95. The zero-order valence-electron chi connectivity index (χ0n) is 10.4. The second kappa shape index (κ2) is 5.43. The van der Waals surface area contributed by atoms with Gasteiger partial charge in [0.15, 0.2) is 5.78 Å². The SMILES string of the molecule is Cc1ccc(CC(=O)C2COCCO2)cc1C. The lowest BCUT2D eigenvalue weighted by Crippen LogP contribution is -2.36. The Kier molecular flexibility index (Phi) is 3.92. The van der Waals surface area contributed by atoms with Crippen molar-refractivity contribution in [3.63, 3.8) is 0 Å². The zero-order valence-corrected chi connectivity index (χ0v) is 10.4. The molecule has 1 atom stereocenters. The summed E-state index contributed by atoms with van der Waals surface area (Å²) in [4.78, 5) is 12.0. The molecule has 1 aliphatic rings. The van der Waals surface area contributed by atoms with Crippen LogP contribution in [0.3, 0.4) is 0 Å². The van der Waals surface area contributed by atoms with Crippen molar-refractivity contribution in [2.24, 2.45) is 0 Å². The molecule has 1 fully saturated rings. The first-order valence-corrected chi connectivity index (χ1v) is 5.95. The van der Waals surface area contributed by atoms with Crippen LogP contribution in [-0.2, 0) is 20.7 Å². The van der Waals surface area contributed by atoms with E-state index in [2.05, 4.69) is 26.0 Å². The van der Waals surface area contributed by atoms with Crippen LogP contribution in [0.5, 0.6) is 0 Å². The molecule has 92 valence electrons. The monoisotopic (exact) mass is 234 g/mol. The number of hydrogen-bond donors (Lipinski definition) is 0. The Labute approximate surface area is 102 Å². The Bertz CT molecular complexity index is 406. The number of hydrogen-bond acceptors (Lipinski definition) is 3. The molecule has 1 saturated heterocycles. The lowest BCUT2D eigenvalue weighted by molar-refractivity contribution is -0.144. The number of carbonyl (C=O) groups excluding carboxylic acids is 1. The van der Waals surface area contributed by atoms with Crippen molar-refractivity contribution >= 4 is 5.78 Å². The fraction of sp³-hybridized carbons (Fsp3) is 0.500. The molecule has 1 aromatic carbocycles. The number of benzene rings is 1. The van der Waals surface area contributed by atoms with Crippen LogP contribution in [0.4, 0.5) is 0 Å². The fourth-order valence-electron chi connectivity index (χ4n) is 1.90.